The second-order valence-corrected chi connectivity index (χ2v) is 6.00. The second kappa shape index (κ2) is 6.85. The summed E-state index contributed by atoms with van der Waals surface area (Å²) in [4.78, 5) is 4.59. The van der Waals surface area contributed by atoms with Crippen LogP contribution in [0.3, 0.4) is 0 Å². The Kier molecular flexibility index (Phi) is 5.38. The predicted molar refractivity (Wildman–Crippen MR) is 81.5 cm³/mol. The van der Waals surface area contributed by atoms with Crippen LogP contribution in [0.5, 0.6) is 0 Å². The minimum absolute atomic E-state index is 0.162. The monoisotopic (exact) mass is 299 g/mol. The number of nitrogens with zero attached hydrogens (tertiary/aromatic N) is 2. The zero-order chi connectivity index (χ0) is 14.7. The van der Waals surface area contributed by atoms with E-state index in [-0.39, 0.29) is 11.9 Å². The smallest absolute Gasteiger partial charge is 0.129 e. The summed E-state index contributed by atoms with van der Waals surface area (Å²) < 4.78 is 14.2. The fraction of sp³-hybridized carbons (Fsp3) is 0.600. The maximum absolute atomic E-state index is 14.2. The van der Waals surface area contributed by atoms with Crippen molar-refractivity contribution >= 4 is 11.6 Å². The highest BCUT2D eigenvalue weighted by Crippen LogP contribution is 2.31. The molecular formula is C15H23ClFN3. The summed E-state index contributed by atoms with van der Waals surface area (Å²) in [6, 6.07) is 4.99. The zero-order valence-corrected chi connectivity index (χ0v) is 12.9. The van der Waals surface area contributed by atoms with E-state index in [1.165, 1.54) is 6.07 Å². The number of nitrogens with two attached hydrogens (primary N) is 1. The fourth-order valence-electron chi connectivity index (χ4n) is 3.10. The average molecular weight is 300 g/mol. The molecule has 2 rings (SSSR count). The molecule has 0 bridgehead atoms. The number of hydrogen-bond donors (Lipinski definition) is 1. The molecule has 20 heavy (non-hydrogen) atoms. The summed E-state index contributed by atoms with van der Waals surface area (Å²) in [5, 5.41) is 0.463. The topological polar surface area (TPSA) is 32.5 Å². The van der Waals surface area contributed by atoms with Crippen LogP contribution in [0.1, 0.15) is 24.9 Å². The lowest BCUT2D eigenvalue weighted by Crippen LogP contribution is -2.43. The van der Waals surface area contributed by atoms with E-state index in [4.69, 9.17) is 17.3 Å². The molecule has 1 heterocycles. The van der Waals surface area contributed by atoms with E-state index in [2.05, 4.69) is 23.8 Å². The molecule has 0 spiro atoms. The largest absolute Gasteiger partial charge is 0.329 e. The second-order valence-electron chi connectivity index (χ2n) is 5.59. The number of halogens is 2. The average Bonchev–Trinajstić information content (AvgIpc) is 2.55. The predicted octanol–water partition coefficient (Wildman–Crippen LogP) is 2.50. The summed E-state index contributed by atoms with van der Waals surface area (Å²) in [6.07, 6.45) is 1.06. The van der Waals surface area contributed by atoms with Crippen LogP contribution in [0.4, 0.5) is 4.39 Å². The molecule has 2 unspecified atom stereocenters. The molecule has 1 aliphatic rings. The van der Waals surface area contributed by atoms with Crippen molar-refractivity contribution in [1.82, 2.24) is 9.80 Å². The molecule has 2 N–H and O–H groups in total. The summed E-state index contributed by atoms with van der Waals surface area (Å²) in [7, 11) is 2.12. The zero-order valence-electron chi connectivity index (χ0n) is 12.1. The van der Waals surface area contributed by atoms with Crippen molar-refractivity contribution < 1.29 is 4.39 Å². The van der Waals surface area contributed by atoms with Gasteiger partial charge in [-0.25, -0.2) is 4.39 Å². The van der Waals surface area contributed by atoms with Crippen molar-refractivity contribution in [3.63, 3.8) is 0 Å². The van der Waals surface area contributed by atoms with Crippen LogP contribution < -0.4 is 5.73 Å². The molecule has 1 saturated heterocycles. The van der Waals surface area contributed by atoms with E-state index >= 15 is 0 Å². The summed E-state index contributed by atoms with van der Waals surface area (Å²) in [5.74, 6) is -0.266. The van der Waals surface area contributed by atoms with Gasteiger partial charge >= 0.3 is 0 Å². The molecule has 1 aromatic rings. The molecule has 1 aromatic carbocycles. The molecule has 0 radical (unpaired) electrons. The quantitative estimate of drug-likeness (QED) is 0.931. The van der Waals surface area contributed by atoms with E-state index in [1.807, 2.05) is 0 Å². The van der Waals surface area contributed by atoms with Gasteiger partial charge in [0.15, 0.2) is 0 Å². The third-order valence-electron chi connectivity index (χ3n) is 4.05. The maximum Gasteiger partial charge on any atom is 0.129 e. The summed E-state index contributed by atoms with van der Waals surface area (Å²) >= 11 is 6.21. The summed E-state index contributed by atoms with van der Waals surface area (Å²) in [5.41, 5.74) is 6.48. The minimum atomic E-state index is -0.266. The van der Waals surface area contributed by atoms with Crippen LogP contribution in [0.2, 0.25) is 5.02 Å². The Labute approximate surface area is 125 Å². The van der Waals surface area contributed by atoms with Crippen molar-refractivity contribution in [1.29, 1.82) is 0 Å². The molecule has 1 aliphatic heterocycles. The normalized spacial score (nSPS) is 23.6. The lowest BCUT2D eigenvalue weighted by Gasteiger charge is -2.35. The Hall–Kier alpha value is -0.680. The molecule has 0 amide bonds. The van der Waals surface area contributed by atoms with Gasteiger partial charge in [0.25, 0.3) is 0 Å². The van der Waals surface area contributed by atoms with Gasteiger partial charge in [-0.05, 0) is 39.1 Å². The number of benzene rings is 1. The number of likely N-dealkylation sites (N-methyl/N-ethyl adjacent to an activating group) is 1. The van der Waals surface area contributed by atoms with Crippen molar-refractivity contribution in [2.24, 2.45) is 5.73 Å². The molecule has 5 heteroatoms. The Balaban J connectivity index is 2.31. The van der Waals surface area contributed by atoms with Gasteiger partial charge in [-0.15, -0.1) is 0 Å². The van der Waals surface area contributed by atoms with Crippen LogP contribution in [-0.2, 0) is 0 Å². The highest BCUT2D eigenvalue weighted by Gasteiger charge is 2.29. The Morgan fingerprint density at radius 1 is 1.45 bits per heavy atom. The third kappa shape index (κ3) is 3.31. The molecule has 112 valence electrons. The highest BCUT2D eigenvalue weighted by molar-refractivity contribution is 6.31. The van der Waals surface area contributed by atoms with E-state index in [0.29, 0.717) is 23.2 Å². The standard InChI is InChI=1S/C15H23ClFN3/c1-11-10-19(2)7-4-8-20(11)14(9-18)15-12(16)5-3-6-13(15)17/h3,5-6,11,14H,4,7-10,18H2,1-2H3. The molecule has 0 aromatic heterocycles. The van der Waals surface area contributed by atoms with Crippen molar-refractivity contribution in [3.05, 3.63) is 34.6 Å². The van der Waals surface area contributed by atoms with Gasteiger partial charge in [0, 0.05) is 36.3 Å². The number of rotatable bonds is 3. The van der Waals surface area contributed by atoms with Crippen LogP contribution in [0, 0.1) is 5.82 Å². The first-order valence-electron chi connectivity index (χ1n) is 7.13. The van der Waals surface area contributed by atoms with Crippen LogP contribution in [0.15, 0.2) is 18.2 Å². The molecule has 3 nitrogen and oxygen atoms in total. The van der Waals surface area contributed by atoms with Crippen molar-refractivity contribution in [3.8, 4) is 0 Å². The Morgan fingerprint density at radius 3 is 2.85 bits per heavy atom. The van der Waals surface area contributed by atoms with Gasteiger partial charge in [0.2, 0.25) is 0 Å². The first kappa shape index (κ1) is 15.7. The van der Waals surface area contributed by atoms with E-state index in [0.717, 1.165) is 26.1 Å². The Bertz CT molecular complexity index is 434. The molecule has 0 saturated carbocycles. The van der Waals surface area contributed by atoms with E-state index < -0.39 is 0 Å². The van der Waals surface area contributed by atoms with Gasteiger partial charge < -0.3 is 10.6 Å². The SMILES string of the molecule is CC1CN(C)CCCN1C(CN)c1c(F)cccc1Cl. The van der Waals surface area contributed by atoms with Crippen LogP contribution in [-0.4, -0.2) is 49.1 Å². The molecule has 1 fully saturated rings. The molecule has 2 atom stereocenters. The van der Waals surface area contributed by atoms with Gasteiger partial charge in [0.05, 0.1) is 6.04 Å². The lowest BCUT2D eigenvalue weighted by molar-refractivity contribution is 0.144. The van der Waals surface area contributed by atoms with Gasteiger partial charge in [-0.1, -0.05) is 17.7 Å². The highest BCUT2D eigenvalue weighted by atomic mass is 35.5. The van der Waals surface area contributed by atoms with Gasteiger partial charge in [0.1, 0.15) is 5.82 Å². The van der Waals surface area contributed by atoms with Crippen LogP contribution >= 0.6 is 11.6 Å². The maximum atomic E-state index is 14.2. The van der Waals surface area contributed by atoms with Gasteiger partial charge in [-0.3, -0.25) is 4.90 Å². The van der Waals surface area contributed by atoms with E-state index in [1.54, 1.807) is 12.1 Å². The van der Waals surface area contributed by atoms with Crippen molar-refractivity contribution in [2.45, 2.75) is 25.4 Å². The summed E-state index contributed by atoms with van der Waals surface area (Å²) in [6.45, 7) is 5.47. The van der Waals surface area contributed by atoms with Crippen LogP contribution in [0.25, 0.3) is 0 Å². The Morgan fingerprint density at radius 2 is 2.20 bits per heavy atom. The fourth-order valence-corrected chi connectivity index (χ4v) is 3.39. The number of hydrogen-bond acceptors (Lipinski definition) is 3. The molecular weight excluding hydrogens is 277 g/mol. The van der Waals surface area contributed by atoms with Gasteiger partial charge in [-0.2, -0.15) is 0 Å². The lowest BCUT2D eigenvalue weighted by atomic mass is 10.0. The first-order valence-corrected chi connectivity index (χ1v) is 7.50. The van der Waals surface area contributed by atoms with Crippen molar-refractivity contribution in [2.75, 3.05) is 33.2 Å². The third-order valence-corrected chi connectivity index (χ3v) is 4.38. The first-order chi connectivity index (χ1) is 9.54. The minimum Gasteiger partial charge on any atom is -0.329 e. The van der Waals surface area contributed by atoms with E-state index in [9.17, 15) is 4.39 Å². The molecule has 0 aliphatic carbocycles.